The number of esters is 1. The zero-order valence-electron chi connectivity index (χ0n) is 12.6. The van der Waals surface area contributed by atoms with Gasteiger partial charge in [-0.1, -0.05) is 0 Å². The Kier molecular flexibility index (Phi) is 7.55. The molecule has 0 radical (unpaired) electrons. The molecule has 1 rings (SSSR count). The molecule has 22 heavy (non-hydrogen) atoms. The lowest BCUT2D eigenvalue weighted by molar-refractivity contribution is -0.131. The van der Waals surface area contributed by atoms with Crippen LogP contribution in [0.1, 0.15) is 10.4 Å². The molecular formula is C14H18O8. The molecule has 0 aliphatic heterocycles. The molecule has 0 aromatic heterocycles. The highest BCUT2D eigenvalue weighted by Crippen LogP contribution is 2.34. The van der Waals surface area contributed by atoms with Crippen LogP contribution in [0.3, 0.4) is 0 Å². The molecule has 0 atom stereocenters. The highest BCUT2D eigenvalue weighted by Gasteiger charge is 2.18. The van der Waals surface area contributed by atoms with Gasteiger partial charge >= 0.3 is 5.97 Å². The molecule has 0 saturated heterocycles. The van der Waals surface area contributed by atoms with Gasteiger partial charge in [0.15, 0.2) is 18.3 Å². The maximum atomic E-state index is 12.0. The summed E-state index contributed by atoms with van der Waals surface area (Å²) >= 11 is 0. The highest BCUT2D eigenvalue weighted by molar-refractivity contribution is 5.93. The Morgan fingerprint density at radius 1 is 1.00 bits per heavy atom. The van der Waals surface area contributed by atoms with Gasteiger partial charge in [0.1, 0.15) is 17.9 Å². The number of carbonyl (C=O) groups excluding carboxylic acids is 2. The van der Waals surface area contributed by atoms with Crippen LogP contribution in [-0.2, 0) is 19.0 Å². The summed E-state index contributed by atoms with van der Waals surface area (Å²) in [6, 6.07) is 2.98. The van der Waals surface area contributed by atoms with E-state index in [1.807, 2.05) is 0 Å². The van der Waals surface area contributed by atoms with Crippen LogP contribution in [-0.4, -0.2) is 53.8 Å². The van der Waals surface area contributed by atoms with Crippen LogP contribution in [0.4, 0.5) is 0 Å². The van der Waals surface area contributed by atoms with E-state index >= 15 is 0 Å². The van der Waals surface area contributed by atoms with Crippen molar-refractivity contribution in [2.75, 3.05) is 41.3 Å². The van der Waals surface area contributed by atoms with Crippen LogP contribution in [0.2, 0.25) is 0 Å². The number of methoxy groups -OCH3 is 3. The van der Waals surface area contributed by atoms with Gasteiger partial charge in [0.05, 0.1) is 27.9 Å². The quantitative estimate of drug-likeness (QED) is 0.274. The number of carbonyl (C=O) groups is 2. The first kappa shape index (κ1) is 17.6. The normalized spacial score (nSPS) is 9.77. The molecule has 0 fully saturated rings. The van der Waals surface area contributed by atoms with E-state index in [2.05, 4.69) is 4.74 Å². The number of rotatable bonds is 10. The lowest BCUT2D eigenvalue weighted by Gasteiger charge is -2.13. The number of hydrogen-bond donors (Lipinski definition) is 0. The SMILES string of the molecule is COc1cc(OC)c(C(=O)OCOCCOC=O)cc1OC. The lowest BCUT2D eigenvalue weighted by atomic mass is 10.1. The second kappa shape index (κ2) is 9.46. The van der Waals surface area contributed by atoms with Crippen molar-refractivity contribution < 1.29 is 38.0 Å². The van der Waals surface area contributed by atoms with Crippen molar-refractivity contribution in [1.29, 1.82) is 0 Å². The van der Waals surface area contributed by atoms with E-state index < -0.39 is 5.97 Å². The molecule has 0 heterocycles. The van der Waals surface area contributed by atoms with Crippen LogP contribution in [0, 0.1) is 0 Å². The van der Waals surface area contributed by atoms with Gasteiger partial charge in [-0.3, -0.25) is 4.79 Å². The summed E-state index contributed by atoms with van der Waals surface area (Å²) in [5.41, 5.74) is 0.174. The summed E-state index contributed by atoms with van der Waals surface area (Å²) in [6.45, 7) is 0.234. The van der Waals surface area contributed by atoms with Gasteiger partial charge in [-0.25, -0.2) is 4.79 Å². The monoisotopic (exact) mass is 314 g/mol. The lowest BCUT2D eigenvalue weighted by Crippen LogP contribution is -2.12. The molecule has 0 aliphatic rings. The van der Waals surface area contributed by atoms with Crippen LogP contribution in [0.15, 0.2) is 12.1 Å². The van der Waals surface area contributed by atoms with Crippen LogP contribution in [0.5, 0.6) is 17.2 Å². The van der Waals surface area contributed by atoms with Crippen molar-refractivity contribution >= 4 is 12.4 Å². The molecular weight excluding hydrogens is 296 g/mol. The van der Waals surface area contributed by atoms with Gasteiger partial charge in [-0.05, 0) is 0 Å². The predicted molar refractivity (Wildman–Crippen MR) is 74.3 cm³/mol. The number of ether oxygens (including phenoxy) is 6. The Labute approximate surface area is 127 Å². The maximum absolute atomic E-state index is 12.0. The summed E-state index contributed by atoms with van der Waals surface area (Å²) in [5, 5.41) is 0. The molecule has 0 N–H and O–H groups in total. The second-order valence-electron chi connectivity index (χ2n) is 3.83. The van der Waals surface area contributed by atoms with E-state index in [0.29, 0.717) is 18.0 Å². The van der Waals surface area contributed by atoms with Crippen molar-refractivity contribution in [1.82, 2.24) is 0 Å². The molecule has 8 heteroatoms. The Hall–Kier alpha value is -2.48. The minimum Gasteiger partial charge on any atom is -0.496 e. The van der Waals surface area contributed by atoms with E-state index in [0.717, 1.165) is 0 Å². The van der Waals surface area contributed by atoms with E-state index in [-0.39, 0.29) is 31.3 Å². The van der Waals surface area contributed by atoms with E-state index in [9.17, 15) is 9.59 Å². The molecule has 1 aromatic carbocycles. The van der Waals surface area contributed by atoms with Gasteiger partial charge in [-0.15, -0.1) is 0 Å². The van der Waals surface area contributed by atoms with E-state index in [1.54, 1.807) is 0 Å². The maximum Gasteiger partial charge on any atom is 0.344 e. The fourth-order valence-corrected chi connectivity index (χ4v) is 1.58. The molecule has 122 valence electrons. The molecule has 0 aliphatic carbocycles. The first-order valence-corrected chi connectivity index (χ1v) is 6.28. The third-order valence-electron chi connectivity index (χ3n) is 2.61. The van der Waals surface area contributed by atoms with Crippen molar-refractivity contribution in [3.05, 3.63) is 17.7 Å². The molecule has 0 amide bonds. The Balaban J connectivity index is 2.69. The Bertz CT molecular complexity index is 500. The van der Waals surface area contributed by atoms with Gasteiger partial charge in [0.25, 0.3) is 6.47 Å². The topological polar surface area (TPSA) is 89.5 Å². The molecule has 8 nitrogen and oxygen atoms in total. The highest BCUT2D eigenvalue weighted by atomic mass is 16.7. The summed E-state index contributed by atoms with van der Waals surface area (Å²) in [4.78, 5) is 21.9. The standard InChI is InChI=1S/C14H18O8/c1-17-11-7-13(19-3)12(18-2)6-10(11)14(16)22-9-21-5-4-20-8-15/h6-8H,4-5,9H2,1-3H3. The largest absolute Gasteiger partial charge is 0.496 e. The number of hydrogen-bond acceptors (Lipinski definition) is 8. The molecule has 0 saturated carbocycles. The van der Waals surface area contributed by atoms with Crippen molar-refractivity contribution in [3.8, 4) is 17.2 Å². The zero-order chi connectivity index (χ0) is 16.4. The molecule has 0 bridgehead atoms. The fourth-order valence-electron chi connectivity index (χ4n) is 1.58. The summed E-state index contributed by atoms with van der Waals surface area (Å²) in [6.07, 6.45) is 0. The van der Waals surface area contributed by atoms with Crippen molar-refractivity contribution in [2.45, 2.75) is 0 Å². The molecule has 0 unspecified atom stereocenters. The summed E-state index contributed by atoms with van der Waals surface area (Å²) < 4.78 is 29.7. The van der Waals surface area contributed by atoms with Crippen LogP contribution >= 0.6 is 0 Å². The molecule has 1 aromatic rings. The predicted octanol–water partition coefficient (Wildman–Crippen LogP) is 1.02. The smallest absolute Gasteiger partial charge is 0.344 e. The first-order valence-electron chi connectivity index (χ1n) is 6.28. The van der Waals surface area contributed by atoms with Crippen molar-refractivity contribution in [3.63, 3.8) is 0 Å². The van der Waals surface area contributed by atoms with Gasteiger partial charge in [-0.2, -0.15) is 0 Å². The van der Waals surface area contributed by atoms with Gasteiger partial charge in [0, 0.05) is 12.1 Å². The Morgan fingerprint density at radius 3 is 2.23 bits per heavy atom. The van der Waals surface area contributed by atoms with Crippen LogP contribution in [0.25, 0.3) is 0 Å². The molecule has 0 spiro atoms. The number of benzene rings is 1. The Morgan fingerprint density at radius 2 is 1.64 bits per heavy atom. The third kappa shape index (κ3) is 4.81. The van der Waals surface area contributed by atoms with E-state index in [4.69, 9.17) is 23.7 Å². The average Bonchev–Trinajstić information content (AvgIpc) is 2.56. The summed E-state index contributed by atoms with van der Waals surface area (Å²) in [5.74, 6) is 0.440. The zero-order valence-corrected chi connectivity index (χ0v) is 12.6. The first-order chi connectivity index (χ1) is 10.7. The average molecular weight is 314 g/mol. The van der Waals surface area contributed by atoms with Crippen molar-refractivity contribution in [2.24, 2.45) is 0 Å². The minimum atomic E-state index is -0.644. The minimum absolute atomic E-state index is 0.0841. The van der Waals surface area contributed by atoms with Gasteiger partial charge in [0.2, 0.25) is 0 Å². The fraction of sp³-hybridized carbons (Fsp3) is 0.429. The second-order valence-corrected chi connectivity index (χ2v) is 3.83. The van der Waals surface area contributed by atoms with Gasteiger partial charge < -0.3 is 28.4 Å². The van der Waals surface area contributed by atoms with Crippen LogP contribution < -0.4 is 14.2 Å². The summed E-state index contributed by atoms with van der Waals surface area (Å²) in [7, 11) is 4.35. The third-order valence-corrected chi connectivity index (χ3v) is 2.61. The van der Waals surface area contributed by atoms with E-state index in [1.165, 1.54) is 33.5 Å².